The predicted molar refractivity (Wildman–Crippen MR) is 88.7 cm³/mol. The molecule has 21 heavy (non-hydrogen) atoms. The number of nitrogens with one attached hydrogen (secondary N) is 1. The van der Waals surface area contributed by atoms with Crippen LogP contribution in [0.3, 0.4) is 0 Å². The third kappa shape index (κ3) is 3.53. The number of hydrogen-bond donors (Lipinski definition) is 1. The molecule has 2 rings (SSSR count). The van der Waals surface area contributed by atoms with Gasteiger partial charge >= 0.3 is 0 Å². The lowest BCUT2D eigenvalue weighted by Gasteiger charge is -2.19. The second kappa shape index (κ2) is 6.90. The molecule has 3 nitrogen and oxygen atoms in total. The molecule has 1 heterocycles. The highest BCUT2D eigenvalue weighted by atomic mass is 15.3. The van der Waals surface area contributed by atoms with Crippen molar-refractivity contribution in [2.45, 2.75) is 53.1 Å². The van der Waals surface area contributed by atoms with E-state index in [4.69, 9.17) is 0 Å². The van der Waals surface area contributed by atoms with Crippen molar-refractivity contribution in [2.75, 3.05) is 7.05 Å². The van der Waals surface area contributed by atoms with Crippen molar-refractivity contribution in [3.05, 3.63) is 52.3 Å². The summed E-state index contributed by atoms with van der Waals surface area (Å²) in [6, 6.07) is 9.24. The van der Waals surface area contributed by atoms with E-state index in [0.29, 0.717) is 6.04 Å². The van der Waals surface area contributed by atoms with Crippen molar-refractivity contribution in [1.82, 2.24) is 15.1 Å². The normalized spacial score (nSPS) is 12.6. The minimum absolute atomic E-state index is 0.304. The third-order valence-corrected chi connectivity index (χ3v) is 4.16. The lowest BCUT2D eigenvalue weighted by molar-refractivity contribution is 0.511. The Labute approximate surface area is 128 Å². The summed E-state index contributed by atoms with van der Waals surface area (Å²) in [5, 5.41) is 8.14. The Morgan fingerprint density at radius 1 is 1.19 bits per heavy atom. The van der Waals surface area contributed by atoms with Gasteiger partial charge in [0.25, 0.3) is 0 Å². The quantitative estimate of drug-likeness (QED) is 0.879. The number of rotatable bonds is 6. The van der Waals surface area contributed by atoms with Crippen LogP contribution < -0.4 is 5.32 Å². The van der Waals surface area contributed by atoms with Crippen molar-refractivity contribution < 1.29 is 0 Å². The minimum atomic E-state index is 0.304. The van der Waals surface area contributed by atoms with Gasteiger partial charge in [0.1, 0.15) is 0 Å². The van der Waals surface area contributed by atoms with Gasteiger partial charge in [-0.3, -0.25) is 4.68 Å². The molecule has 0 spiro atoms. The van der Waals surface area contributed by atoms with Gasteiger partial charge in [-0.05, 0) is 57.9 Å². The lowest BCUT2D eigenvalue weighted by atomic mass is 9.97. The Morgan fingerprint density at radius 3 is 2.57 bits per heavy atom. The fourth-order valence-corrected chi connectivity index (χ4v) is 2.79. The first-order valence-electron chi connectivity index (χ1n) is 7.89. The summed E-state index contributed by atoms with van der Waals surface area (Å²) in [5.41, 5.74) is 6.56. The van der Waals surface area contributed by atoms with Crippen LogP contribution in [0.1, 0.15) is 48.0 Å². The molecule has 0 aliphatic heterocycles. The molecule has 0 bridgehead atoms. The molecule has 2 aromatic rings. The van der Waals surface area contributed by atoms with Crippen LogP contribution >= 0.6 is 0 Å². The number of benzene rings is 1. The van der Waals surface area contributed by atoms with E-state index in [2.05, 4.69) is 67.1 Å². The molecule has 1 N–H and O–H groups in total. The molecule has 1 atom stereocenters. The minimum Gasteiger partial charge on any atom is -0.311 e. The summed E-state index contributed by atoms with van der Waals surface area (Å²) >= 11 is 0. The Hall–Kier alpha value is -1.61. The highest BCUT2D eigenvalue weighted by Crippen LogP contribution is 2.22. The maximum atomic E-state index is 4.67. The zero-order valence-electron chi connectivity index (χ0n) is 13.9. The fourth-order valence-electron chi connectivity index (χ4n) is 2.79. The van der Waals surface area contributed by atoms with E-state index in [9.17, 15) is 0 Å². The fraction of sp³-hybridized carbons (Fsp3) is 0.500. The van der Waals surface area contributed by atoms with Crippen LogP contribution in [-0.2, 0) is 19.4 Å². The average Bonchev–Trinajstić information content (AvgIpc) is 2.91. The van der Waals surface area contributed by atoms with E-state index in [1.54, 1.807) is 0 Å². The van der Waals surface area contributed by atoms with Crippen LogP contribution in [0.25, 0.3) is 0 Å². The van der Waals surface area contributed by atoms with Crippen LogP contribution in [-0.4, -0.2) is 16.8 Å². The smallest absolute Gasteiger partial charge is 0.0625 e. The average molecular weight is 285 g/mol. The zero-order chi connectivity index (χ0) is 15.4. The second-order valence-electron chi connectivity index (χ2n) is 5.71. The standard InChI is InChI=1S/C18H27N3/c1-6-16-12-18(21(7-2)20-16)17(19-5)11-15-10-13(3)8-9-14(15)4/h8-10,12,17,19H,6-7,11H2,1-5H3. The number of likely N-dealkylation sites (N-methyl/N-ethyl adjacent to an activating group) is 1. The largest absolute Gasteiger partial charge is 0.311 e. The molecular formula is C18H27N3. The highest BCUT2D eigenvalue weighted by molar-refractivity contribution is 5.32. The topological polar surface area (TPSA) is 29.9 Å². The Kier molecular flexibility index (Phi) is 5.18. The van der Waals surface area contributed by atoms with Gasteiger partial charge in [0.2, 0.25) is 0 Å². The molecule has 1 aromatic heterocycles. The molecular weight excluding hydrogens is 258 g/mol. The molecule has 0 aliphatic rings. The van der Waals surface area contributed by atoms with Crippen LogP contribution in [0, 0.1) is 13.8 Å². The molecule has 1 unspecified atom stereocenters. The third-order valence-electron chi connectivity index (χ3n) is 4.16. The molecule has 0 aliphatic carbocycles. The van der Waals surface area contributed by atoms with Gasteiger partial charge < -0.3 is 5.32 Å². The zero-order valence-corrected chi connectivity index (χ0v) is 13.9. The monoisotopic (exact) mass is 285 g/mol. The molecule has 0 radical (unpaired) electrons. The van der Waals surface area contributed by atoms with E-state index in [-0.39, 0.29) is 0 Å². The molecule has 1 aromatic carbocycles. The van der Waals surface area contributed by atoms with E-state index < -0.39 is 0 Å². The summed E-state index contributed by atoms with van der Waals surface area (Å²) in [4.78, 5) is 0. The van der Waals surface area contributed by atoms with Crippen LogP contribution in [0.15, 0.2) is 24.3 Å². The van der Waals surface area contributed by atoms with E-state index >= 15 is 0 Å². The Balaban J connectivity index is 2.31. The maximum Gasteiger partial charge on any atom is 0.0625 e. The summed E-state index contributed by atoms with van der Waals surface area (Å²) in [7, 11) is 2.04. The highest BCUT2D eigenvalue weighted by Gasteiger charge is 2.17. The van der Waals surface area contributed by atoms with Crippen molar-refractivity contribution in [3.63, 3.8) is 0 Å². The van der Waals surface area contributed by atoms with Gasteiger partial charge in [-0.1, -0.05) is 30.7 Å². The van der Waals surface area contributed by atoms with Crippen LogP contribution in [0.2, 0.25) is 0 Å². The van der Waals surface area contributed by atoms with E-state index in [1.807, 2.05) is 7.05 Å². The van der Waals surface area contributed by atoms with E-state index in [0.717, 1.165) is 19.4 Å². The second-order valence-corrected chi connectivity index (χ2v) is 5.71. The first-order chi connectivity index (χ1) is 10.1. The molecule has 0 amide bonds. The number of hydrogen-bond acceptors (Lipinski definition) is 2. The van der Waals surface area contributed by atoms with Crippen molar-refractivity contribution >= 4 is 0 Å². The molecule has 0 fully saturated rings. The predicted octanol–water partition coefficient (Wildman–Crippen LogP) is 3.59. The summed E-state index contributed by atoms with van der Waals surface area (Å²) < 4.78 is 2.13. The van der Waals surface area contributed by atoms with Gasteiger partial charge in [0.15, 0.2) is 0 Å². The maximum absolute atomic E-state index is 4.67. The van der Waals surface area contributed by atoms with Crippen LogP contribution in [0.5, 0.6) is 0 Å². The molecule has 0 saturated carbocycles. The first-order valence-corrected chi connectivity index (χ1v) is 7.89. The first kappa shape index (κ1) is 15.8. The van der Waals surface area contributed by atoms with Crippen LogP contribution in [0.4, 0.5) is 0 Å². The lowest BCUT2D eigenvalue weighted by Crippen LogP contribution is -2.22. The number of aromatic nitrogens is 2. The van der Waals surface area contributed by atoms with Gasteiger partial charge in [0.05, 0.1) is 17.4 Å². The van der Waals surface area contributed by atoms with Gasteiger partial charge in [-0.2, -0.15) is 5.10 Å². The van der Waals surface area contributed by atoms with Crippen molar-refractivity contribution in [3.8, 4) is 0 Å². The Bertz CT molecular complexity index is 599. The summed E-state index contributed by atoms with van der Waals surface area (Å²) in [5.74, 6) is 0. The van der Waals surface area contributed by atoms with Gasteiger partial charge in [-0.25, -0.2) is 0 Å². The number of aryl methyl sites for hydroxylation is 4. The Morgan fingerprint density at radius 2 is 1.95 bits per heavy atom. The SMILES string of the molecule is CCc1cc(C(Cc2cc(C)ccc2C)NC)n(CC)n1. The molecule has 114 valence electrons. The molecule has 3 heteroatoms. The summed E-state index contributed by atoms with van der Waals surface area (Å²) in [6.45, 7) is 9.57. The molecule has 0 saturated heterocycles. The number of nitrogens with zero attached hydrogens (tertiary/aromatic N) is 2. The van der Waals surface area contributed by atoms with Gasteiger partial charge in [0, 0.05) is 6.54 Å². The van der Waals surface area contributed by atoms with E-state index in [1.165, 1.54) is 28.1 Å². The summed E-state index contributed by atoms with van der Waals surface area (Å²) in [6.07, 6.45) is 1.98. The van der Waals surface area contributed by atoms with Crippen molar-refractivity contribution in [1.29, 1.82) is 0 Å². The van der Waals surface area contributed by atoms with Gasteiger partial charge in [-0.15, -0.1) is 0 Å². The van der Waals surface area contributed by atoms with Crippen molar-refractivity contribution in [2.24, 2.45) is 0 Å².